The quantitative estimate of drug-likeness (QED) is 0.478. The molecule has 2 N–H and O–H groups in total. The molecule has 0 saturated heterocycles. The Labute approximate surface area is 82.6 Å². The van der Waals surface area contributed by atoms with Crippen molar-refractivity contribution in [1.29, 1.82) is 0 Å². The van der Waals surface area contributed by atoms with E-state index >= 15 is 0 Å². The molecule has 1 atom stereocenters. The summed E-state index contributed by atoms with van der Waals surface area (Å²) >= 11 is 0. The van der Waals surface area contributed by atoms with Crippen LogP contribution in [0.2, 0.25) is 0 Å². The van der Waals surface area contributed by atoms with Gasteiger partial charge in [0.1, 0.15) is 0 Å². The first kappa shape index (κ1) is 12.6. The number of hydrogen-bond acceptors (Lipinski definition) is 4. The summed E-state index contributed by atoms with van der Waals surface area (Å²) < 4.78 is 4.24. The maximum Gasteiger partial charge on any atom is 0.328 e. The second-order valence-corrected chi connectivity index (χ2v) is 2.44. The third-order valence-electron chi connectivity index (χ3n) is 1.14. The fraction of sp³-hybridized carbons (Fsp3) is 0.286. The van der Waals surface area contributed by atoms with Crippen LogP contribution in [0.3, 0.4) is 0 Å². The molecule has 0 fully saturated rings. The van der Waals surface area contributed by atoms with Crippen LogP contribution in [0.5, 0.6) is 0 Å². The molecule has 1 unspecified atom stereocenters. The van der Waals surface area contributed by atoms with Gasteiger partial charge in [-0.3, -0.25) is 9.59 Å². The van der Waals surface area contributed by atoms with Gasteiger partial charge in [-0.2, -0.15) is 0 Å². The molecule has 0 heterocycles. The Hall–Kier alpha value is -1.42. The first-order valence-corrected chi connectivity index (χ1v) is 4.12. The average molecular weight is 219 g/mol. The Morgan fingerprint density at radius 2 is 2.00 bits per heavy atom. The first-order chi connectivity index (χ1) is 6.56. The molecule has 78 valence electrons. The minimum Gasteiger partial charge on any atom is -0.478 e. The normalized spacial score (nSPS) is 9.79. The van der Waals surface area contributed by atoms with E-state index in [9.17, 15) is 14.4 Å². The number of carboxylic acids is 1. The molecule has 0 aliphatic rings. The summed E-state index contributed by atoms with van der Waals surface area (Å²) in [5.74, 6) is -2.24. The Bertz CT molecular complexity index is 263. The highest BCUT2D eigenvalue weighted by atomic mass is 31.0. The van der Waals surface area contributed by atoms with Crippen LogP contribution in [0.15, 0.2) is 12.2 Å². The van der Waals surface area contributed by atoms with E-state index in [2.05, 4.69) is 9.84 Å². The highest BCUT2D eigenvalue weighted by molar-refractivity contribution is 7.10. The van der Waals surface area contributed by atoms with Crippen LogP contribution < -0.4 is 5.32 Å². The largest absolute Gasteiger partial charge is 0.478 e. The lowest BCUT2D eigenvalue weighted by Gasteiger charge is -1.99. The van der Waals surface area contributed by atoms with Crippen molar-refractivity contribution in [1.82, 2.24) is 5.32 Å². The molecule has 14 heavy (non-hydrogen) atoms. The van der Waals surface area contributed by atoms with E-state index in [-0.39, 0.29) is 13.0 Å². The van der Waals surface area contributed by atoms with E-state index in [4.69, 9.17) is 5.11 Å². The number of hydrogen-bond donors (Lipinski definition) is 2. The summed E-state index contributed by atoms with van der Waals surface area (Å²) in [6.07, 6.45) is 1.62. The SMILES string of the molecule is O=C(O)/C=C/C(=O)NCCC(=O)OP. The topological polar surface area (TPSA) is 92.7 Å². The van der Waals surface area contributed by atoms with Crippen molar-refractivity contribution in [2.45, 2.75) is 6.42 Å². The van der Waals surface area contributed by atoms with Crippen molar-refractivity contribution in [2.75, 3.05) is 6.54 Å². The van der Waals surface area contributed by atoms with Gasteiger partial charge in [-0.25, -0.2) is 4.79 Å². The van der Waals surface area contributed by atoms with Crippen LogP contribution >= 0.6 is 9.47 Å². The van der Waals surface area contributed by atoms with E-state index < -0.39 is 17.8 Å². The highest BCUT2D eigenvalue weighted by Gasteiger charge is 2.01. The van der Waals surface area contributed by atoms with E-state index in [1.807, 2.05) is 0 Å². The second-order valence-electron chi connectivity index (χ2n) is 2.20. The van der Waals surface area contributed by atoms with Crippen LogP contribution in [-0.2, 0) is 18.9 Å². The molecule has 6 nitrogen and oxygen atoms in total. The number of amides is 1. The van der Waals surface area contributed by atoms with Gasteiger partial charge in [-0.15, -0.1) is 0 Å². The monoisotopic (exact) mass is 219 g/mol. The molecule has 0 aromatic heterocycles. The van der Waals surface area contributed by atoms with Gasteiger partial charge in [0, 0.05) is 18.7 Å². The van der Waals surface area contributed by atoms with Crippen LogP contribution in [0.4, 0.5) is 0 Å². The van der Waals surface area contributed by atoms with Crippen molar-refractivity contribution in [3.63, 3.8) is 0 Å². The van der Waals surface area contributed by atoms with Gasteiger partial charge in [0.2, 0.25) is 5.91 Å². The number of carboxylic acid groups (broad SMARTS) is 1. The van der Waals surface area contributed by atoms with Crippen LogP contribution in [0, 0.1) is 0 Å². The zero-order valence-electron chi connectivity index (χ0n) is 7.23. The summed E-state index contributed by atoms with van der Waals surface area (Å²) in [7, 11) is 1.79. The molecule has 1 amide bonds. The Kier molecular flexibility index (Phi) is 6.32. The number of rotatable bonds is 5. The van der Waals surface area contributed by atoms with Crippen molar-refractivity contribution in [3.8, 4) is 0 Å². The summed E-state index contributed by atoms with van der Waals surface area (Å²) in [5.41, 5.74) is 0. The van der Waals surface area contributed by atoms with Gasteiger partial charge in [-0.1, -0.05) is 0 Å². The van der Waals surface area contributed by atoms with E-state index in [1.54, 1.807) is 9.47 Å². The minimum atomic E-state index is -1.20. The van der Waals surface area contributed by atoms with Crippen molar-refractivity contribution >= 4 is 27.3 Å². The van der Waals surface area contributed by atoms with Gasteiger partial charge < -0.3 is 14.9 Å². The molecule has 0 aliphatic carbocycles. The maximum absolute atomic E-state index is 10.8. The molecule has 0 rings (SSSR count). The molecule has 0 radical (unpaired) electrons. The van der Waals surface area contributed by atoms with Crippen LogP contribution in [0.25, 0.3) is 0 Å². The number of carbonyl (C=O) groups is 3. The second kappa shape index (κ2) is 7.03. The third-order valence-corrected chi connectivity index (χ3v) is 1.40. The fourth-order valence-electron chi connectivity index (χ4n) is 0.553. The van der Waals surface area contributed by atoms with Gasteiger partial charge in [-0.05, 0) is 0 Å². The molecule has 7 heteroatoms. The lowest BCUT2D eigenvalue weighted by Crippen LogP contribution is -2.24. The molecule has 0 saturated carbocycles. The van der Waals surface area contributed by atoms with E-state index in [0.717, 1.165) is 6.08 Å². The Morgan fingerprint density at radius 3 is 2.50 bits per heavy atom. The molecular weight excluding hydrogens is 209 g/mol. The lowest BCUT2D eigenvalue weighted by molar-refractivity contribution is -0.133. The average Bonchev–Trinajstić information content (AvgIpc) is 2.14. The zero-order chi connectivity index (χ0) is 11.0. The van der Waals surface area contributed by atoms with E-state index in [1.165, 1.54) is 0 Å². The molecule has 0 aromatic carbocycles. The first-order valence-electron chi connectivity index (χ1n) is 3.64. The Balaban J connectivity index is 3.65. The summed E-state index contributed by atoms with van der Waals surface area (Å²) in [6, 6.07) is 0. The Morgan fingerprint density at radius 1 is 1.36 bits per heavy atom. The molecule has 0 bridgehead atoms. The van der Waals surface area contributed by atoms with Gasteiger partial charge in [0.15, 0.2) is 0 Å². The molecule has 0 spiro atoms. The van der Waals surface area contributed by atoms with Crippen molar-refractivity contribution in [2.24, 2.45) is 0 Å². The molecule has 0 aliphatic heterocycles. The van der Waals surface area contributed by atoms with Crippen LogP contribution in [-0.4, -0.2) is 29.5 Å². The zero-order valence-corrected chi connectivity index (χ0v) is 8.38. The highest BCUT2D eigenvalue weighted by Crippen LogP contribution is 1.90. The maximum atomic E-state index is 10.8. The predicted octanol–water partition coefficient (Wildman–Crippen LogP) is -0.533. The van der Waals surface area contributed by atoms with Gasteiger partial charge in [0.05, 0.1) is 15.9 Å². The molecule has 0 aromatic rings. The number of nitrogens with one attached hydrogen (secondary N) is 1. The predicted molar refractivity (Wildman–Crippen MR) is 50.2 cm³/mol. The van der Waals surface area contributed by atoms with Crippen molar-refractivity contribution in [3.05, 3.63) is 12.2 Å². The summed E-state index contributed by atoms with van der Waals surface area (Å²) in [6.45, 7) is 0.107. The number of aliphatic carboxylic acids is 1. The minimum absolute atomic E-state index is 0.0378. The lowest BCUT2D eigenvalue weighted by atomic mass is 10.4. The number of carbonyl (C=O) groups excluding carboxylic acids is 2. The standard InChI is InChI=1S/C7H10NO5P/c9-5(1-2-6(10)11)8-4-3-7(12)13-14/h1-2H,3-4,14H2,(H,8,9)(H,10,11)/b2-1+. The van der Waals surface area contributed by atoms with Gasteiger partial charge >= 0.3 is 11.9 Å². The fourth-order valence-corrected chi connectivity index (χ4v) is 0.670. The van der Waals surface area contributed by atoms with E-state index in [0.29, 0.717) is 6.08 Å². The van der Waals surface area contributed by atoms with Gasteiger partial charge in [0.25, 0.3) is 0 Å². The van der Waals surface area contributed by atoms with Crippen molar-refractivity contribution < 1.29 is 24.0 Å². The third kappa shape index (κ3) is 7.24. The summed E-state index contributed by atoms with van der Waals surface area (Å²) in [5, 5.41) is 10.5. The summed E-state index contributed by atoms with van der Waals surface area (Å²) in [4.78, 5) is 31.3. The van der Waals surface area contributed by atoms with Crippen LogP contribution in [0.1, 0.15) is 6.42 Å². The smallest absolute Gasteiger partial charge is 0.328 e. The molecular formula is C7H10NO5P.